The molecule has 0 fully saturated rings. The molecule has 0 saturated heterocycles. The maximum atomic E-state index is 13.4. The summed E-state index contributed by atoms with van der Waals surface area (Å²) in [5.74, 6) is -1.99. The number of carbonyl (C=O) groups is 1. The highest BCUT2D eigenvalue weighted by molar-refractivity contribution is 9.10. The largest absolute Gasteiger partial charge is 0.475 e. The number of furan rings is 1. The summed E-state index contributed by atoms with van der Waals surface area (Å²) in [4.78, 5) is 10.5. The molecule has 2 aromatic rings. The van der Waals surface area contributed by atoms with Crippen molar-refractivity contribution in [1.82, 2.24) is 0 Å². The number of carboxylic acids is 1. The number of aromatic carboxylic acids is 1. The van der Waals surface area contributed by atoms with Gasteiger partial charge in [0.25, 0.3) is 0 Å². The third-order valence-electron chi connectivity index (χ3n) is 1.80. The van der Waals surface area contributed by atoms with E-state index in [1.54, 1.807) is 0 Å². The van der Waals surface area contributed by atoms with Gasteiger partial charge in [-0.1, -0.05) is 0 Å². The van der Waals surface area contributed by atoms with E-state index in [4.69, 9.17) is 9.52 Å². The molecule has 1 N–H and O–H groups in total. The van der Waals surface area contributed by atoms with Crippen molar-refractivity contribution in [3.8, 4) is 0 Å². The molecular weight excluding hydrogens is 255 g/mol. The number of fused-ring (bicyclic) bond motifs is 1. The van der Waals surface area contributed by atoms with E-state index in [9.17, 15) is 9.18 Å². The molecule has 0 spiro atoms. The van der Waals surface area contributed by atoms with Gasteiger partial charge in [-0.15, -0.1) is 0 Å². The Labute approximate surface area is 86.3 Å². The van der Waals surface area contributed by atoms with Crippen LogP contribution in [0.3, 0.4) is 0 Å². The van der Waals surface area contributed by atoms with E-state index in [0.717, 1.165) is 6.07 Å². The number of hydrogen-bond donors (Lipinski definition) is 1. The Hall–Kier alpha value is -1.36. The predicted molar refractivity (Wildman–Crippen MR) is 50.8 cm³/mol. The Balaban J connectivity index is 2.77. The summed E-state index contributed by atoms with van der Waals surface area (Å²) in [6.45, 7) is 0. The van der Waals surface area contributed by atoms with Gasteiger partial charge in [-0.05, 0) is 28.1 Å². The average Bonchev–Trinajstić information content (AvgIpc) is 2.56. The van der Waals surface area contributed by atoms with E-state index < -0.39 is 11.8 Å². The number of benzene rings is 1. The van der Waals surface area contributed by atoms with Crippen LogP contribution in [0.1, 0.15) is 10.6 Å². The monoisotopic (exact) mass is 258 g/mol. The van der Waals surface area contributed by atoms with Crippen molar-refractivity contribution in [3.63, 3.8) is 0 Å². The molecule has 2 rings (SSSR count). The Bertz CT molecular complexity index is 518. The molecule has 14 heavy (non-hydrogen) atoms. The number of rotatable bonds is 1. The molecule has 0 saturated carbocycles. The highest BCUT2D eigenvalue weighted by atomic mass is 79.9. The highest BCUT2D eigenvalue weighted by Gasteiger charge is 2.14. The van der Waals surface area contributed by atoms with E-state index in [0.29, 0.717) is 0 Å². The lowest BCUT2D eigenvalue weighted by molar-refractivity contribution is 0.0665. The normalized spacial score (nSPS) is 10.7. The van der Waals surface area contributed by atoms with Gasteiger partial charge in [-0.3, -0.25) is 0 Å². The van der Waals surface area contributed by atoms with Gasteiger partial charge in [0.1, 0.15) is 11.4 Å². The minimum Gasteiger partial charge on any atom is -0.475 e. The van der Waals surface area contributed by atoms with Crippen LogP contribution in [0.4, 0.5) is 4.39 Å². The van der Waals surface area contributed by atoms with Crippen LogP contribution in [0.15, 0.2) is 27.1 Å². The lowest BCUT2D eigenvalue weighted by atomic mass is 10.2. The molecule has 0 bridgehead atoms. The Morgan fingerprint density at radius 3 is 2.86 bits per heavy atom. The number of halogens is 2. The van der Waals surface area contributed by atoms with E-state index in [1.807, 2.05) is 0 Å². The summed E-state index contributed by atoms with van der Waals surface area (Å²) >= 11 is 3.00. The van der Waals surface area contributed by atoms with E-state index >= 15 is 0 Å². The average molecular weight is 259 g/mol. The molecule has 0 radical (unpaired) electrons. The SMILES string of the molecule is O=C(O)c1cc2c(F)c(Br)ccc2o1. The van der Waals surface area contributed by atoms with Crippen molar-refractivity contribution in [2.75, 3.05) is 0 Å². The molecule has 0 amide bonds. The molecule has 0 aliphatic rings. The maximum Gasteiger partial charge on any atom is 0.371 e. The first-order valence-corrected chi connectivity index (χ1v) is 4.49. The van der Waals surface area contributed by atoms with Crippen LogP contribution in [0.25, 0.3) is 11.0 Å². The van der Waals surface area contributed by atoms with Gasteiger partial charge in [-0.2, -0.15) is 0 Å². The Morgan fingerprint density at radius 1 is 1.50 bits per heavy atom. The molecule has 1 aromatic carbocycles. The second kappa shape index (κ2) is 3.09. The quantitative estimate of drug-likeness (QED) is 0.856. The molecule has 5 heteroatoms. The summed E-state index contributed by atoms with van der Waals surface area (Å²) in [5, 5.41) is 8.78. The first-order valence-electron chi connectivity index (χ1n) is 3.70. The van der Waals surface area contributed by atoms with Crippen LogP contribution in [0.5, 0.6) is 0 Å². The zero-order valence-corrected chi connectivity index (χ0v) is 8.34. The van der Waals surface area contributed by atoms with E-state index in [1.165, 1.54) is 12.1 Å². The van der Waals surface area contributed by atoms with Crippen molar-refractivity contribution in [2.45, 2.75) is 0 Å². The van der Waals surface area contributed by atoms with Gasteiger partial charge in [0.2, 0.25) is 5.76 Å². The summed E-state index contributed by atoms with van der Waals surface area (Å²) in [6.07, 6.45) is 0. The summed E-state index contributed by atoms with van der Waals surface area (Å²) in [6, 6.07) is 4.14. The summed E-state index contributed by atoms with van der Waals surface area (Å²) < 4.78 is 18.6. The van der Waals surface area contributed by atoms with Gasteiger partial charge in [-0.25, -0.2) is 9.18 Å². The zero-order valence-electron chi connectivity index (χ0n) is 6.75. The van der Waals surface area contributed by atoms with Gasteiger partial charge < -0.3 is 9.52 Å². The fourth-order valence-electron chi connectivity index (χ4n) is 1.16. The molecule has 3 nitrogen and oxygen atoms in total. The second-order valence-corrected chi connectivity index (χ2v) is 3.54. The first kappa shape index (κ1) is 9.21. The van der Waals surface area contributed by atoms with Crippen molar-refractivity contribution in [2.24, 2.45) is 0 Å². The van der Waals surface area contributed by atoms with Gasteiger partial charge in [0.05, 0.1) is 9.86 Å². The van der Waals surface area contributed by atoms with Crippen molar-refractivity contribution in [3.05, 3.63) is 34.2 Å². The van der Waals surface area contributed by atoms with Crippen LogP contribution < -0.4 is 0 Å². The lowest BCUT2D eigenvalue weighted by Gasteiger charge is -1.92. The van der Waals surface area contributed by atoms with Crippen molar-refractivity contribution in [1.29, 1.82) is 0 Å². The molecule has 1 aromatic heterocycles. The van der Waals surface area contributed by atoms with E-state index in [2.05, 4.69) is 15.9 Å². The van der Waals surface area contributed by atoms with Crippen LogP contribution in [-0.4, -0.2) is 11.1 Å². The van der Waals surface area contributed by atoms with Crippen LogP contribution in [-0.2, 0) is 0 Å². The number of carboxylic acid groups (broad SMARTS) is 1. The first-order chi connectivity index (χ1) is 6.59. The predicted octanol–water partition coefficient (Wildman–Crippen LogP) is 3.03. The second-order valence-electron chi connectivity index (χ2n) is 2.69. The number of hydrogen-bond acceptors (Lipinski definition) is 2. The lowest BCUT2D eigenvalue weighted by Crippen LogP contribution is -1.91. The zero-order chi connectivity index (χ0) is 10.3. The molecule has 1 heterocycles. The molecule has 0 unspecified atom stereocenters. The molecular formula is C9H4BrFO3. The fourth-order valence-corrected chi connectivity index (χ4v) is 1.50. The van der Waals surface area contributed by atoms with Gasteiger partial charge in [0.15, 0.2) is 0 Å². The van der Waals surface area contributed by atoms with Gasteiger partial charge in [0, 0.05) is 6.07 Å². The van der Waals surface area contributed by atoms with Crippen molar-refractivity contribution >= 4 is 32.9 Å². The standard InChI is InChI=1S/C9H4BrFO3/c10-5-1-2-6-4(8(5)11)3-7(14-6)9(12)13/h1-3H,(H,12,13). The minimum atomic E-state index is -1.21. The highest BCUT2D eigenvalue weighted by Crippen LogP contribution is 2.27. The third-order valence-corrected chi connectivity index (χ3v) is 2.41. The van der Waals surface area contributed by atoms with Crippen LogP contribution in [0.2, 0.25) is 0 Å². The molecule has 0 aliphatic carbocycles. The summed E-state index contributed by atoms with van der Waals surface area (Å²) in [5.41, 5.74) is 0.225. The van der Waals surface area contributed by atoms with Crippen molar-refractivity contribution < 1.29 is 18.7 Å². The summed E-state index contributed by atoms with van der Waals surface area (Å²) in [7, 11) is 0. The molecule has 0 aliphatic heterocycles. The third kappa shape index (κ3) is 1.29. The molecule has 72 valence electrons. The maximum absolute atomic E-state index is 13.4. The van der Waals surface area contributed by atoms with Crippen LogP contribution in [0, 0.1) is 5.82 Å². The van der Waals surface area contributed by atoms with Crippen LogP contribution >= 0.6 is 15.9 Å². The topological polar surface area (TPSA) is 50.4 Å². The van der Waals surface area contributed by atoms with Gasteiger partial charge >= 0.3 is 5.97 Å². The smallest absolute Gasteiger partial charge is 0.371 e. The molecule has 0 atom stereocenters. The minimum absolute atomic E-state index is 0.164. The Kier molecular flexibility index (Phi) is 2.03. The van der Waals surface area contributed by atoms with E-state index in [-0.39, 0.29) is 21.2 Å². The Morgan fingerprint density at radius 2 is 2.21 bits per heavy atom. The fraction of sp³-hybridized carbons (Fsp3) is 0.